The molecule has 0 N–H and O–H groups in total. The molecule has 0 aromatic heterocycles. The zero-order valence-corrected chi connectivity index (χ0v) is 36.6. The molecule has 54 heavy (non-hydrogen) atoms. The van der Waals surface area contributed by atoms with Crippen LogP contribution in [-0.4, -0.2) is 70.0 Å². The van der Waals surface area contributed by atoms with Gasteiger partial charge in [-0.3, -0.25) is 9.36 Å². The van der Waals surface area contributed by atoms with Crippen molar-refractivity contribution >= 4 is 19.8 Å². The van der Waals surface area contributed by atoms with Crippen LogP contribution < -0.4 is 4.89 Å². The molecule has 0 aromatic carbocycles. The Balaban J connectivity index is 4.44. The fourth-order valence-electron chi connectivity index (χ4n) is 6.10. The fourth-order valence-corrected chi connectivity index (χ4v) is 6.83. The van der Waals surface area contributed by atoms with Crippen LogP contribution in [0.25, 0.3) is 0 Å². The number of likely N-dealkylation sites (N-methyl/N-ethyl adjacent to an activating group) is 1. The third-order valence-electron chi connectivity index (χ3n) is 9.58. The maximum atomic E-state index is 12.6. The Bertz CT molecular complexity index is 980. The predicted octanol–water partition coefficient (Wildman–Crippen LogP) is 11.7. The molecule has 2 atom stereocenters. The van der Waals surface area contributed by atoms with E-state index in [0.717, 1.165) is 32.1 Å². The highest BCUT2D eigenvalue weighted by atomic mass is 31.2. The van der Waals surface area contributed by atoms with E-state index in [1.165, 1.54) is 141 Å². The van der Waals surface area contributed by atoms with Crippen LogP contribution in [0.5, 0.6) is 0 Å². The van der Waals surface area contributed by atoms with E-state index in [-0.39, 0.29) is 19.6 Å². The molecule has 0 saturated carbocycles. The molecule has 0 aliphatic rings. The second-order valence-corrected chi connectivity index (χ2v) is 17.6. The molecule has 0 amide bonds. The van der Waals surface area contributed by atoms with E-state index in [1.807, 2.05) is 33.3 Å². The molecule has 0 radical (unpaired) electrons. The summed E-state index contributed by atoms with van der Waals surface area (Å²) in [6, 6.07) is 0. The summed E-state index contributed by atoms with van der Waals surface area (Å²) in [6.07, 6.45) is 39.8. The zero-order chi connectivity index (χ0) is 40.0. The van der Waals surface area contributed by atoms with Crippen LogP contribution in [0.2, 0.25) is 0 Å². The Kier molecular flexibility index (Phi) is 36.1. The van der Waals surface area contributed by atoms with Gasteiger partial charge >= 0.3 is 11.9 Å². The highest BCUT2D eigenvalue weighted by Crippen LogP contribution is 2.38. The van der Waals surface area contributed by atoms with Gasteiger partial charge in [-0.2, -0.15) is 0 Å². The number of nitrogens with zero attached hydrogens (tertiary/aromatic N) is 1. The van der Waals surface area contributed by atoms with Gasteiger partial charge in [-0.25, -0.2) is 4.79 Å². The van der Waals surface area contributed by atoms with Crippen molar-refractivity contribution in [2.45, 2.75) is 200 Å². The standard InChI is InChI=1S/C44H84NO8P/c1-6-8-10-12-14-16-18-20-22-24-26-28-30-32-34-36-43(46)50-40-42(41-52-54(48,49)51-39-38-45(3,4)5)53-44(47)37-35-33-31-29-27-25-23-21-19-17-15-13-11-9-7-2/h30,32,34,36,42H,6-29,31,33,35,37-41H2,1-5H3/t42-/m1/s1. The van der Waals surface area contributed by atoms with Gasteiger partial charge in [0.05, 0.1) is 27.7 Å². The summed E-state index contributed by atoms with van der Waals surface area (Å²) in [6.45, 7) is 4.11. The maximum Gasteiger partial charge on any atom is 0.330 e. The molecule has 0 heterocycles. The van der Waals surface area contributed by atoms with E-state index < -0.39 is 32.5 Å². The molecule has 0 bridgehead atoms. The number of carbonyl (C=O) groups excluding carboxylic acids is 2. The van der Waals surface area contributed by atoms with Crippen molar-refractivity contribution in [1.82, 2.24) is 0 Å². The van der Waals surface area contributed by atoms with Crippen LogP contribution in [0.4, 0.5) is 0 Å². The highest BCUT2D eigenvalue weighted by Gasteiger charge is 2.21. The van der Waals surface area contributed by atoms with E-state index >= 15 is 0 Å². The molecule has 318 valence electrons. The monoisotopic (exact) mass is 786 g/mol. The van der Waals surface area contributed by atoms with Gasteiger partial charge in [0.15, 0.2) is 6.10 Å². The molecule has 0 aromatic rings. The topological polar surface area (TPSA) is 111 Å². The van der Waals surface area contributed by atoms with Gasteiger partial charge in [0.1, 0.15) is 19.8 Å². The van der Waals surface area contributed by atoms with E-state index in [0.29, 0.717) is 17.4 Å². The van der Waals surface area contributed by atoms with Crippen LogP contribution in [-0.2, 0) is 32.7 Å². The number of esters is 2. The van der Waals surface area contributed by atoms with Gasteiger partial charge in [0, 0.05) is 12.5 Å². The number of hydrogen-bond donors (Lipinski definition) is 0. The largest absolute Gasteiger partial charge is 0.756 e. The lowest BCUT2D eigenvalue weighted by Crippen LogP contribution is -2.37. The Labute approximate surface area is 332 Å². The summed E-state index contributed by atoms with van der Waals surface area (Å²) in [4.78, 5) is 37.4. The third-order valence-corrected chi connectivity index (χ3v) is 10.5. The molecule has 0 aliphatic heterocycles. The third kappa shape index (κ3) is 40.2. The lowest BCUT2D eigenvalue weighted by atomic mass is 10.0. The average molecular weight is 786 g/mol. The fraction of sp³-hybridized carbons (Fsp3) is 0.864. The predicted molar refractivity (Wildman–Crippen MR) is 222 cm³/mol. The van der Waals surface area contributed by atoms with Crippen LogP contribution in [0.3, 0.4) is 0 Å². The van der Waals surface area contributed by atoms with Crippen LogP contribution in [0.1, 0.15) is 194 Å². The second-order valence-electron chi connectivity index (χ2n) is 16.1. The van der Waals surface area contributed by atoms with E-state index in [4.69, 9.17) is 18.5 Å². The molecule has 0 spiro atoms. The van der Waals surface area contributed by atoms with Crippen molar-refractivity contribution in [2.75, 3.05) is 47.5 Å². The SMILES string of the molecule is CCCCCCCCCCCCCC=CC=CC(=O)OC[C@H](COP(=O)([O-])OCC[N+](C)(C)C)OC(=O)CCCCCCCCCCCCCCCCC. The van der Waals surface area contributed by atoms with E-state index in [9.17, 15) is 19.0 Å². The number of ether oxygens (including phenoxy) is 2. The number of unbranched alkanes of at least 4 members (excludes halogenated alkanes) is 25. The van der Waals surface area contributed by atoms with Crippen molar-refractivity contribution in [3.05, 3.63) is 24.3 Å². The first-order valence-corrected chi connectivity index (χ1v) is 23.5. The van der Waals surface area contributed by atoms with Crippen molar-refractivity contribution in [3.8, 4) is 0 Å². The normalized spacial score (nSPS) is 13.8. The van der Waals surface area contributed by atoms with Gasteiger partial charge in [-0.15, -0.1) is 0 Å². The molecular formula is C44H84NO8P. The van der Waals surface area contributed by atoms with Gasteiger partial charge < -0.3 is 27.9 Å². The zero-order valence-electron chi connectivity index (χ0n) is 35.7. The van der Waals surface area contributed by atoms with Crippen LogP contribution in [0, 0.1) is 0 Å². The van der Waals surface area contributed by atoms with Crippen molar-refractivity contribution < 1.29 is 42.1 Å². The molecule has 0 rings (SSSR count). The van der Waals surface area contributed by atoms with Crippen molar-refractivity contribution in [1.29, 1.82) is 0 Å². The second kappa shape index (κ2) is 37.1. The van der Waals surface area contributed by atoms with E-state index in [2.05, 4.69) is 13.8 Å². The van der Waals surface area contributed by atoms with E-state index in [1.54, 1.807) is 6.08 Å². The molecule has 9 nitrogen and oxygen atoms in total. The number of rotatable bonds is 40. The molecule has 0 saturated heterocycles. The van der Waals surface area contributed by atoms with Crippen LogP contribution in [0.15, 0.2) is 24.3 Å². The number of carbonyl (C=O) groups is 2. The Morgan fingerprint density at radius 2 is 1.06 bits per heavy atom. The van der Waals surface area contributed by atoms with Gasteiger partial charge in [0.25, 0.3) is 7.82 Å². The molecule has 0 aliphatic carbocycles. The van der Waals surface area contributed by atoms with Gasteiger partial charge in [-0.1, -0.05) is 186 Å². The quantitative estimate of drug-likeness (QED) is 0.0151. The minimum absolute atomic E-state index is 0.0412. The molecule has 0 fully saturated rings. The van der Waals surface area contributed by atoms with Gasteiger partial charge in [0.2, 0.25) is 0 Å². The van der Waals surface area contributed by atoms with Crippen molar-refractivity contribution in [2.24, 2.45) is 0 Å². The smallest absolute Gasteiger partial charge is 0.330 e. The van der Waals surface area contributed by atoms with Crippen molar-refractivity contribution in [3.63, 3.8) is 0 Å². The number of phosphoric acid groups is 1. The number of hydrogen-bond acceptors (Lipinski definition) is 8. The molecule has 10 heteroatoms. The Morgan fingerprint density at radius 1 is 0.611 bits per heavy atom. The summed E-state index contributed by atoms with van der Waals surface area (Å²) in [5.41, 5.74) is 0. The summed E-state index contributed by atoms with van der Waals surface area (Å²) < 4.78 is 33.7. The minimum atomic E-state index is -4.64. The molecule has 1 unspecified atom stereocenters. The first-order valence-electron chi connectivity index (χ1n) is 22.1. The maximum absolute atomic E-state index is 12.6. The minimum Gasteiger partial charge on any atom is -0.756 e. The Hall–Kier alpha value is -1.51. The highest BCUT2D eigenvalue weighted by molar-refractivity contribution is 7.45. The van der Waals surface area contributed by atoms with Crippen LogP contribution >= 0.6 is 7.82 Å². The molecular weight excluding hydrogens is 701 g/mol. The number of quaternary nitrogens is 1. The first-order chi connectivity index (χ1) is 26.0. The summed E-state index contributed by atoms with van der Waals surface area (Å²) in [5.74, 6) is -1.08. The lowest BCUT2D eigenvalue weighted by Gasteiger charge is -2.28. The lowest BCUT2D eigenvalue weighted by molar-refractivity contribution is -0.870. The summed E-state index contributed by atoms with van der Waals surface area (Å²) in [5, 5.41) is 0. The Morgan fingerprint density at radius 3 is 1.52 bits per heavy atom. The number of allylic oxidation sites excluding steroid dienone is 3. The first kappa shape index (κ1) is 52.5. The summed E-state index contributed by atoms with van der Waals surface area (Å²) >= 11 is 0. The average Bonchev–Trinajstić information content (AvgIpc) is 3.12. The number of phosphoric ester groups is 1. The summed E-state index contributed by atoms with van der Waals surface area (Å²) in [7, 11) is 1.13. The van der Waals surface area contributed by atoms with Gasteiger partial charge in [-0.05, 0) is 19.3 Å².